The molecule has 2 aliphatic rings. The maximum absolute atomic E-state index is 11.3. The molecule has 3 aromatic rings. The third kappa shape index (κ3) is 5.90. The quantitative estimate of drug-likeness (QED) is 0.402. The molecule has 2 N–H and O–H groups in total. The van der Waals surface area contributed by atoms with Gasteiger partial charge in [0.2, 0.25) is 0 Å². The average molecular weight is 621 g/mol. The zero-order valence-corrected chi connectivity index (χ0v) is 26.6. The zero-order valence-electron chi connectivity index (χ0n) is 22.5. The van der Waals surface area contributed by atoms with E-state index < -0.39 is 11.9 Å². The summed E-state index contributed by atoms with van der Waals surface area (Å²) < 4.78 is 0. The summed E-state index contributed by atoms with van der Waals surface area (Å²) in [5.74, 6) is -2.26. The SMILES string of the molecule is CC1=C(CCC(=O)[O-])c2cc3nc(cc4[nH]c(cc4C)cc4[nH]c(cc1n2)cc4C)C(C)=C3CCC(=O)[O-].[Cd+2]. The summed E-state index contributed by atoms with van der Waals surface area (Å²) in [6.07, 6.45) is 0.263. The van der Waals surface area contributed by atoms with Crippen LogP contribution in [-0.2, 0) is 36.9 Å². The number of aliphatic carboxylic acids is 2. The fourth-order valence-electron chi connectivity index (χ4n) is 5.09. The number of aromatic nitrogens is 4. The Kier molecular flexibility index (Phi) is 8.24. The number of carboxylic acids is 2. The maximum Gasteiger partial charge on any atom is 2.00 e. The first kappa shape index (κ1) is 28.5. The molecule has 5 heterocycles. The Balaban J connectivity index is 0.00000353. The predicted molar refractivity (Wildman–Crippen MR) is 144 cm³/mol. The van der Waals surface area contributed by atoms with Gasteiger partial charge in [0.1, 0.15) is 0 Å². The van der Waals surface area contributed by atoms with Gasteiger partial charge in [-0.3, -0.25) is 0 Å². The number of H-pyrrole nitrogens is 2. The Morgan fingerprint density at radius 1 is 0.641 bits per heavy atom. The summed E-state index contributed by atoms with van der Waals surface area (Å²) in [5.41, 5.74) is 11.9. The number of carbonyl (C=O) groups is 2. The minimum atomic E-state index is -1.13. The van der Waals surface area contributed by atoms with Gasteiger partial charge in [-0.2, -0.15) is 0 Å². The summed E-state index contributed by atoms with van der Waals surface area (Å²) in [6.45, 7) is 7.93. The molecule has 39 heavy (non-hydrogen) atoms. The third-order valence-corrected chi connectivity index (χ3v) is 7.23. The van der Waals surface area contributed by atoms with Gasteiger partial charge in [0.15, 0.2) is 0 Å². The van der Waals surface area contributed by atoms with Crippen molar-refractivity contribution in [1.82, 2.24) is 19.9 Å². The van der Waals surface area contributed by atoms with Crippen molar-refractivity contribution in [2.75, 3.05) is 0 Å². The van der Waals surface area contributed by atoms with Gasteiger partial charge in [-0.25, -0.2) is 9.97 Å². The van der Waals surface area contributed by atoms with Gasteiger partial charge in [-0.1, -0.05) is 0 Å². The number of allylic oxidation sites excluding steroid dienone is 4. The zero-order chi connectivity index (χ0) is 27.1. The number of nitrogens with one attached hydrogen (secondary N) is 2. The number of carbonyl (C=O) groups excluding carboxylic acids is 2. The topological polar surface area (TPSA) is 138 Å². The van der Waals surface area contributed by atoms with Crippen LogP contribution in [0, 0.1) is 13.8 Å². The van der Waals surface area contributed by atoms with Gasteiger partial charge in [0.25, 0.3) is 0 Å². The Morgan fingerprint density at radius 3 is 1.56 bits per heavy atom. The Bertz CT molecular complexity index is 1730. The fourth-order valence-corrected chi connectivity index (χ4v) is 5.09. The predicted octanol–water partition coefficient (Wildman–Crippen LogP) is 3.85. The van der Waals surface area contributed by atoms with Crippen molar-refractivity contribution in [2.24, 2.45) is 0 Å². The van der Waals surface area contributed by atoms with Crippen molar-refractivity contribution in [2.45, 2.75) is 53.4 Å². The molecule has 0 spiro atoms. The van der Waals surface area contributed by atoms with Gasteiger partial charge in [-0.15, -0.1) is 0 Å². The first-order valence-electron chi connectivity index (χ1n) is 12.6. The van der Waals surface area contributed by atoms with Crippen molar-refractivity contribution in [3.05, 3.63) is 70.3 Å². The van der Waals surface area contributed by atoms with E-state index in [9.17, 15) is 19.8 Å². The van der Waals surface area contributed by atoms with Gasteiger partial charge in [0.05, 0.1) is 22.8 Å². The average Bonchev–Trinajstić information content (AvgIpc) is 3.53. The molecular weight excluding hydrogens is 593 g/mol. The monoisotopic (exact) mass is 622 g/mol. The second-order valence-electron chi connectivity index (χ2n) is 9.94. The van der Waals surface area contributed by atoms with Crippen molar-refractivity contribution in [3.8, 4) is 0 Å². The standard InChI is InChI=1S/C30H30N4O4.Cd/c1-15-9-20-12-25-17(3)21(5-7-29(35)36)27(33-25)14-28-22(6-8-30(37)38)18(4)26(34-28)13-24-16(2)10-19(32-24)11-23(15)31-20;/h9-14,31-32H,5-8H2,1-4H3,(H,35,36)(H,37,38);/q;+2/p-2. The third-order valence-electron chi connectivity index (χ3n) is 7.23. The largest absolute Gasteiger partial charge is 2.00 e. The molecule has 2 aliphatic heterocycles. The molecule has 8 bridgehead atoms. The molecule has 0 unspecified atom stereocenters. The molecule has 0 saturated carbocycles. The first-order valence-corrected chi connectivity index (χ1v) is 12.6. The van der Waals surface area contributed by atoms with Crippen LogP contribution in [0.25, 0.3) is 44.4 Å². The van der Waals surface area contributed by atoms with E-state index in [4.69, 9.17) is 9.97 Å². The normalized spacial score (nSPS) is 13.0. The molecule has 0 aliphatic carbocycles. The number of nitrogens with zero attached hydrogens (tertiary/aromatic N) is 2. The maximum atomic E-state index is 11.3. The van der Waals surface area contributed by atoms with E-state index in [1.54, 1.807) is 0 Å². The van der Waals surface area contributed by atoms with E-state index in [0.29, 0.717) is 11.4 Å². The van der Waals surface area contributed by atoms with Crippen molar-refractivity contribution in [3.63, 3.8) is 0 Å². The number of hydrogen-bond donors (Lipinski definition) is 2. The van der Waals surface area contributed by atoms with Gasteiger partial charge in [0, 0.05) is 34.0 Å². The molecule has 0 aromatic carbocycles. The van der Waals surface area contributed by atoms with Crippen LogP contribution in [0.3, 0.4) is 0 Å². The molecule has 5 rings (SSSR count). The molecule has 8 nitrogen and oxygen atoms in total. The van der Waals surface area contributed by atoms with Crippen LogP contribution in [0.4, 0.5) is 0 Å². The molecule has 194 valence electrons. The van der Waals surface area contributed by atoms with Crippen molar-refractivity contribution < 1.29 is 47.1 Å². The fraction of sp³-hybridized carbons (Fsp3) is 0.267. The van der Waals surface area contributed by atoms with E-state index in [1.807, 2.05) is 45.9 Å². The Hall–Kier alpha value is -3.54. The van der Waals surface area contributed by atoms with E-state index in [-0.39, 0.29) is 53.0 Å². The van der Waals surface area contributed by atoms with E-state index in [1.165, 1.54) is 0 Å². The summed E-state index contributed by atoms with van der Waals surface area (Å²) in [4.78, 5) is 39.2. The smallest absolute Gasteiger partial charge is 0.550 e. The van der Waals surface area contributed by atoms with Crippen molar-refractivity contribution in [1.29, 1.82) is 0 Å². The molecule has 0 saturated heterocycles. The summed E-state index contributed by atoms with van der Waals surface area (Å²) >= 11 is 0. The van der Waals surface area contributed by atoms with Crippen molar-refractivity contribution >= 4 is 56.3 Å². The molecular formula is C30H28CdN4O4. The number of aryl methyl sites for hydroxylation is 2. The number of rotatable bonds is 6. The Labute approximate surface area is 246 Å². The number of hydrogen-bond acceptors (Lipinski definition) is 6. The number of aromatic amines is 2. The van der Waals surface area contributed by atoms with Crippen LogP contribution in [0.15, 0.2) is 36.4 Å². The van der Waals surface area contributed by atoms with Crippen LogP contribution in [0.5, 0.6) is 0 Å². The molecule has 0 radical (unpaired) electrons. The minimum Gasteiger partial charge on any atom is -0.550 e. The molecule has 9 heteroatoms. The van der Waals surface area contributed by atoms with Gasteiger partial charge in [-0.05, 0) is 123 Å². The molecule has 0 fully saturated rings. The van der Waals surface area contributed by atoms with Gasteiger partial charge >= 0.3 is 27.3 Å². The summed E-state index contributed by atoms with van der Waals surface area (Å²) in [5, 5.41) is 22.6. The molecule has 0 atom stereocenters. The van der Waals surface area contributed by atoms with Gasteiger partial charge < -0.3 is 29.8 Å². The van der Waals surface area contributed by atoms with Crippen LogP contribution in [-0.4, -0.2) is 31.9 Å². The second kappa shape index (κ2) is 11.3. The minimum absolute atomic E-state index is 0. The van der Waals surface area contributed by atoms with E-state index in [2.05, 4.69) is 28.2 Å². The number of carboxylic acid groups (broad SMARTS) is 2. The van der Waals surface area contributed by atoms with Crippen LogP contribution >= 0.6 is 0 Å². The van der Waals surface area contributed by atoms with Crippen LogP contribution in [0.1, 0.15) is 73.4 Å². The molecule has 3 aromatic heterocycles. The summed E-state index contributed by atoms with van der Waals surface area (Å²) in [7, 11) is 0. The number of fused-ring (bicyclic) bond motifs is 8. The summed E-state index contributed by atoms with van der Waals surface area (Å²) in [6, 6.07) is 11.9. The van der Waals surface area contributed by atoms with Crippen LogP contribution in [0.2, 0.25) is 0 Å². The van der Waals surface area contributed by atoms with Crippen LogP contribution < -0.4 is 10.2 Å². The van der Waals surface area contributed by atoms with E-state index in [0.717, 1.165) is 66.9 Å². The second-order valence-corrected chi connectivity index (χ2v) is 9.94. The first-order chi connectivity index (χ1) is 18.1. The molecule has 0 amide bonds. The Morgan fingerprint density at radius 2 is 1.08 bits per heavy atom. The van der Waals surface area contributed by atoms with E-state index >= 15 is 0 Å².